The van der Waals surface area contributed by atoms with Gasteiger partial charge in [0.25, 0.3) is 5.69 Å². The van der Waals surface area contributed by atoms with Crippen molar-refractivity contribution in [3.05, 3.63) is 39.9 Å². The average Bonchev–Trinajstić information content (AvgIpc) is 2.43. The van der Waals surface area contributed by atoms with Crippen LogP contribution in [0.5, 0.6) is 0 Å². The van der Waals surface area contributed by atoms with Crippen molar-refractivity contribution in [3.8, 4) is 0 Å². The molecule has 9 heteroatoms. The molecule has 0 saturated carbocycles. The minimum atomic E-state index is -1.36. The average molecular weight is 337 g/mol. The lowest BCUT2D eigenvalue weighted by atomic mass is 10.00. The second-order valence-electron chi connectivity index (χ2n) is 6.01. The largest absolute Gasteiger partial charge is 0.444 e. The van der Waals surface area contributed by atoms with Crippen molar-refractivity contribution in [2.24, 2.45) is 5.73 Å². The van der Waals surface area contributed by atoms with Gasteiger partial charge in [-0.3, -0.25) is 19.7 Å². The van der Waals surface area contributed by atoms with E-state index in [9.17, 15) is 24.5 Å². The van der Waals surface area contributed by atoms with Crippen LogP contribution in [0.15, 0.2) is 24.3 Å². The van der Waals surface area contributed by atoms with Gasteiger partial charge in [-0.1, -0.05) is 12.1 Å². The van der Waals surface area contributed by atoms with E-state index in [0.29, 0.717) is 0 Å². The van der Waals surface area contributed by atoms with Gasteiger partial charge in [0, 0.05) is 6.07 Å². The van der Waals surface area contributed by atoms with Crippen LogP contribution in [-0.2, 0) is 9.53 Å². The Bertz CT molecular complexity index is 665. The highest BCUT2D eigenvalue weighted by Gasteiger charge is 2.30. The van der Waals surface area contributed by atoms with Gasteiger partial charge in [-0.05, 0) is 26.8 Å². The molecule has 0 aromatic heterocycles. The minimum absolute atomic E-state index is 0.232. The maximum absolute atomic E-state index is 12.5. The quantitative estimate of drug-likeness (QED) is 0.458. The van der Waals surface area contributed by atoms with Crippen LogP contribution in [-0.4, -0.2) is 34.3 Å². The number of nitrogens with zero attached hydrogens (tertiary/aromatic N) is 1. The van der Waals surface area contributed by atoms with Crippen molar-refractivity contribution < 1.29 is 24.0 Å². The van der Waals surface area contributed by atoms with Crippen LogP contribution in [0.2, 0.25) is 0 Å². The van der Waals surface area contributed by atoms with E-state index in [0.717, 1.165) is 6.07 Å². The maximum Gasteiger partial charge on any atom is 0.408 e. The van der Waals surface area contributed by atoms with Crippen LogP contribution < -0.4 is 11.1 Å². The van der Waals surface area contributed by atoms with Crippen LogP contribution in [0.3, 0.4) is 0 Å². The van der Waals surface area contributed by atoms with Crippen molar-refractivity contribution in [2.75, 3.05) is 0 Å². The molecular formula is C15H19N3O6. The molecule has 0 aliphatic carbocycles. The van der Waals surface area contributed by atoms with Gasteiger partial charge in [-0.2, -0.15) is 0 Å². The summed E-state index contributed by atoms with van der Waals surface area (Å²) >= 11 is 0. The Hall–Kier alpha value is -2.97. The number of nitro benzene ring substituents is 1. The molecule has 0 saturated heterocycles. The molecule has 2 amide bonds. The summed E-state index contributed by atoms with van der Waals surface area (Å²) in [6.07, 6.45) is -1.44. The monoisotopic (exact) mass is 337 g/mol. The lowest BCUT2D eigenvalue weighted by Crippen LogP contribution is -2.45. The molecular weight excluding hydrogens is 318 g/mol. The molecule has 130 valence electrons. The summed E-state index contributed by atoms with van der Waals surface area (Å²) in [5.41, 5.74) is 3.62. The molecule has 1 rings (SSSR count). The van der Waals surface area contributed by atoms with Crippen molar-refractivity contribution in [1.82, 2.24) is 5.32 Å². The van der Waals surface area contributed by atoms with Gasteiger partial charge in [0.2, 0.25) is 5.91 Å². The molecule has 0 fully saturated rings. The molecule has 0 unspecified atom stereocenters. The number of carbonyl (C=O) groups excluding carboxylic acids is 3. The molecule has 1 aromatic rings. The predicted octanol–water partition coefficient (Wildman–Crippen LogP) is 1.55. The lowest BCUT2D eigenvalue weighted by molar-refractivity contribution is -0.385. The molecule has 0 bridgehead atoms. The summed E-state index contributed by atoms with van der Waals surface area (Å²) in [5.74, 6) is -1.64. The smallest absolute Gasteiger partial charge is 0.408 e. The van der Waals surface area contributed by atoms with E-state index in [4.69, 9.17) is 10.5 Å². The van der Waals surface area contributed by atoms with Gasteiger partial charge in [0.05, 0.1) is 16.9 Å². The van der Waals surface area contributed by atoms with Crippen LogP contribution >= 0.6 is 0 Å². The Balaban J connectivity index is 3.08. The van der Waals surface area contributed by atoms with Gasteiger partial charge >= 0.3 is 6.09 Å². The summed E-state index contributed by atoms with van der Waals surface area (Å²) in [5, 5.41) is 13.3. The summed E-state index contributed by atoms with van der Waals surface area (Å²) in [7, 11) is 0. The number of ketones is 1. The van der Waals surface area contributed by atoms with E-state index in [1.165, 1.54) is 18.2 Å². The fourth-order valence-corrected chi connectivity index (χ4v) is 1.89. The summed E-state index contributed by atoms with van der Waals surface area (Å²) in [6, 6.07) is 3.88. The van der Waals surface area contributed by atoms with Gasteiger partial charge in [-0.25, -0.2) is 4.79 Å². The first-order chi connectivity index (χ1) is 11.0. The van der Waals surface area contributed by atoms with Crippen molar-refractivity contribution in [3.63, 3.8) is 0 Å². The Morgan fingerprint density at radius 3 is 2.38 bits per heavy atom. The van der Waals surface area contributed by atoms with Crippen molar-refractivity contribution >= 4 is 23.5 Å². The van der Waals surface area contributed by atoms with Crippen LogP contribution in [0.25, 0.3) is 0 Å². The van der Waals surface area contributed by atoms with Crippen LogP contribution in [0.4, 0.5) is 10.5 Å². The Morgan fingerprint density at radius 1 is 1.29 bits per heavy atom. The van der Waals surface area contributed by atoms with E-state index in [-0.39, 0.29) is 5.56 Å². The normalized spacial score (nSPS) is 12.1. The highest BCUT2D eigenvalue weighted by Crippen LogP contribution is 2.20. The van der Waals surface area contributed by atoms with E-state index in [1.54, 1.807) is 20.8 Å². The number of hydrogen-bond donors (Lipinski definition) is 2. The maximum atomic E-state index is 12.5. The third kappa shape index (κ3) is 5.67. The van der Waals surface area contributed by atoms with Gasteiger partial charge in [0.15, 0.2) is 5.78 Å². The molecule has 0 aliphatic rings. The summed E-state index contributed by atoms with van der Waals surface area (Å²) < 4.78 is 5.03. The first-order valence-corrected chi connectivity index (χ1v) is 7.06. The van der Waals surface area contributed by atoms with E-state index in [2.05, 4.69) is 5.32 Å². The number of nitrogens with two attached hydrogens (primary N) is 1. The number of primary amides is 1. The Kier molecular flexibility index (Phi) is 5.99. The molecule has 0 spiro atoms. The standard InChI is InChI=1S/C15H19N3O6/c1-15(2,3)24-14(21)17-10(8-12(16)19)13(20)9-6-4-5-7-11(9)18(22)23/h4-7,10H,8H2,1-3H3,(H2,16,19)(H,17,21)/t10-/m0/s1. The van der Waals surface area contributed by atoms with Crippen LogP contribution in [0, 0.1) is 10.1 Å². The minimum Gasteiger partial charge on any atom is -0.444 e. The van der Waals surface area contributed by atoms with Gasteiger partial charge in [0.1, 0.15) is 11.6 Å². The number of Topliss-reactive ketones (excluding diaryl/α,β-unsaturated/α-hetero) is 1. The zero-order valence-corrected chi connectivity index (χ0v) is 13.6. The number of ether oxygens (including phenoxy) is 1. The third-order valence-electron chi connectivity index (χ3n) is 2.78. The number of nitrogens with one attached hydrogen (secondary N) is 1. The predicted molar refractivity (Wildman–Crippen MR) is 84.4 cm³/mol. The lowest BCUT2D eigenvalue weighted by Gasteiger charge is -2.22. The van der Waals surface area contributed by atoms with E-state index >= 15 is 0 Å². The number of amides is 2. The number of nitro groups is 1. The first kappa shape index (κ1) is 19.1. The SMILES string of the molecule is CC(C)(C)OC(=O)N[C@@H](CC(N)=O)C(=O)c1ccccc1[N+](=O)[O-]. The highest BCUT2D eigenvalue weighted by atomic mass is 16.6. The number of hydrogen-bond acceptors (Lipinski definition) is 6. The number of carbonyl (C=O) groups is 3. The molecule has 9 nitrogen and oxygen atoms in total. The fourth-order valence-electron chi connectivity index (χ4n) is 1.89. The van der Waals surface area contributed by atoms with E-state index in [1.807, 2.05) is 0 Å². The molecule has 1 atom stereocenters. The first-order valence-electron chi connectivity index (χ1n) is 7.06. The van der Waals surface area contributed by atoms with Crippen molar-refractivity contribution in [1.29, 1.82) is 0 Å². The number of alkyl carbamates (subject to hydrolysis) is 1. The van der Waals surface area contributed by atoms with Crippen LogP contribution in [0.1, 0.15) is 37.6 Å². The Labute approximate surface area is 138 Å². The van der Waals surface area contributed by atoms with Gasteiger partial charge < -0.3 is 15.8 Å². The third-order valence-corrected chi connectivity index (χ3v) is 2.78. The number of para-hydroxylation sites is 1. The zero-order chi connectivity index (χ0) is 18.5. The molecule has 0 radical (unpaired) electrons. The topological polar surface area (TPSA) is 142 Å². The summed E-state index contributed by atoms with van der Waals surface area (Å²) in [4.78, 5) is 45.8. The van der Waals surface area contributed by atoms with Gasteiger partial charge in [-0.15, -0.1) is 0 Å². The molecule has 1 aromatic carbocycles. The Morgan fingerprint density at radius 2 is 1.88 bits per heavy atom. The van der Waals surface area contributed by atoms with E-state index < -0.39 is 46.5 Å². The fraction of sp³-hybridized carbons (Fsp3) is 0.400. The second-order valence-corrected chi connectivity index (χ2v) is 6.01. The zero-order valence-electron chi connectivity index (χ0n) is 13.6. The van der Waals surface area contributed by atoms with Crippen molar-refractivity contribution in [2.45, 2.75) is 38.8 Å². The second kappa shape index (κ2) is 7.53. The number of rotatable bonds is 6. The highest BCUT2D eigenvalue weighted by molar-refractivity contribution is 6.06. The molecule has 0 heterocycles. The molecule has 3 N–H and O–H groups in total. The molecule has 24 heavy (non-hydrogen) atoms. The molecule has 0 aliphatic heterocycles. The number of benzene rings is 1. The summed E-state index contributed by atoms with van der Waals surface area (Å²) in [6.45, 7) is 4.87.